The van der Waals surface area contributed by atoms with E-state index in [2.05, 4.69) is 20.2 Å². The molecule has 0 atom stereocenters. The summed E-state index contributed by atoms with van der Waals surface area (Å²) in [4.78, 5) is 11.2. The van der Waals surface area contributed by atoms with Crippen LogP contribution in [-0.2, 0) is 0 Å². The first-order chi connectivity index (χ1) is 7.25. The molecule has 1 aromatic rings. The number of hydrogen-bond acceptors (Lipinski definition) is 4. The van der Waals surface area contributed by atoms with Crippen LogP contribution in [0.3, 0.4) is 0 Å². The molecule has 0 unspecified atom stereocenters. The van der Waals surface area contributed by atoms with Crippen LogP contribution in [0.4, 0.5) is 5.95 Å². The largest absolute Gasteiger partial charge is 0.339 e. The molecule has 17 heavy (non-hydrogen) atoms. The van der Waals surface area contributed by atoms with Crippen LogP contribution in [0.25, 0.3) is 0 Å². The molecule has 1 fully saturated rings. The predicted octanol–water partition coefficient (Wildman–Crippen LogP) is 1.74. The second-order valence-corrected chi connectivity index (χ2v) is 4.04. The van der Waals surface area contributed by atoms with Gasteiger partial charge in [0.05, 0.1) is 0 Å². The second-order valence-electron chi connectivity index (χ2n) is 4.04. The molecule has 0 saturated carbocycles. The molecule has 1 saturated heterocycles. The first-order valence-electron chi connectivity index (χ1n) is 5.53. The van der Waals surface area contributed by atoms with Gasteiger partial charge in [-0.2, -0.15) is 0 Å². The van der Waals surface area contributed by atoms with E-state index in [9.17, 15) is 0 Å². The van der Waals surface area contributed by atoms with E-state index in [1.807, 2.05) is 19.9 Å². The van der Waals surface area contributed by atoms with Gasteiger partial charge in [-0.15, -0.1) is 24.8 Å². The lowest BCUT2D eigenvalue weighted by Crippen LogP contribution is -2.29. The van der Waals surface area contributed by atoms with Crippen LogP contribution >= 0.6 is 24.8 Å². The van der Waals surface area contributed by atoms with Crippen molar-refractivity contribution in [1.82, 2.24) is 15.3 Å². The Morgan fingerprint density at radius 2 is 1.71 bits per heavy atom. The van der Waals surface area contributed by atoms with Gasteiger partial charge in [-0.25, -0.2) is 9.97 Å². The molecule has 0 aromatic carbocycles. The summed E-state index contributed by atoms with van der Waals surface area (Å²) in [6.07, 6.45) is 1.16. The average molecular weight is 279 g/mol. The molecule has 1 aromatic heterocycles. The molecule has 0 spiro atoms. The fraction of sp³-hybridized carbons (Fsp3) is 0.636. The highest BCUT2D eigenvalue weighted by molar-refractivity contribution is 5.85. The maximum absolute atomic E-state index is 4.49. The Hall–Kier alpha value is -0.580. The minimum atomic E-state index is 0. The van der Waals surface area contributed by atoms with Crippen molar-refractivity contribution >= 4 is 30.8 Å². The normalized spacial score (nSPS) is 15.5. The minimum absolute atomic E-state index is 0. The van der Waals surface area contributed by atoms with Crippen LogP contribution < -0.4 is 10.2 Å². The van der Waals surface area contributed by atoms with Crippen LogP contribution in [0.15, 0.2) is 6.07 Å². The Balaban J connectivity index is 0.00000128. The molecule has 2 rings (SSSR count). The van der Waals surface area contributed by atoms with E-state index in [0.29, 0.717) is 0 Å². The zero-order valence-electron chi connectivity index (χ0n) is 10.3. The van der Waals surface area contributed by atoms with Crippen molar-refractivity contribution < 1.29 is 0 Å². The van der Waals surface area contributed by atoms with Gasteiger partial charge in [0.25, 0.3) is 0 Å². The summed E-state index contributed by atoms with van der Waals surface area (Å²) >= 11 is 0. The van der Waals surface area contributed by atoms with Gasteiger partial charge >= 0.3 is 0 Å². The number of rotatable bonds is 1. The van der Waals surface area contributed by atoms with Crippen molar-refractivity contribution in [3.05, 3.63) is 17.5 Å². The van der Waals surface area contributed by atoms with E-state index < -0.39 is 0 Å². The van der Waals surface area contributed by atoms with Gasteiger partial charge in [-0.3, -0.25) is 0 Å². The number of nitrogens with one attached hydrogen (secondary N) is 1. The Kier molecular flexibility index (Phi) is 7.43. The Bertz CT molecular complexity index is 318. The Morgan fingerprint density at radius 1 is 1.06 bits per heavy atom. The fourth-order valence-corrected chi connectivity index (χ4v) is 1.89. The van der Waals surface area contributed by atoms with E-state index in [0.717, 1.165) is 49.9 Å². The average Bonchev–Trinajstić information content (AvgIpc) is 2.43. The van der Waals surface area contributed by atoms with Gasteiger partial charge < -0.3 is 10.2 Å². The van der Waals surface area contributed by atoms with Crippen LogP contribution in [0.1, 0.15) is 17.8 Å². The summed E-state index contributed by atoms with van der Waals surface area (Å²) < 4.78 is 0. The molecule has 0 radical (unpaired) electrons. The van der Waals surface area contributed by atoms with E-state index in [1.54, 1.807) is 0 Å². The monoisotopic (exact) mass is 278 g/mol. The van der Waals surface area contributed by atoms with Gasteiger partial charge in [-0.1, -0.05) is 0 Å². The molecule has 0 bridgehead atoms. The highest BCUT2D eigenvalue weighted by Crippen LogP contribution is 2.10. The minimum Gasteiger partial charge on any atom is -0.339 e. The summed E-state index contributed by atoms with van der Waals surface area (Å²) in [5.74, 6) is 0.885. The number of halogens is 2. The number of aromatic nitrogens is 2. The molecule has 1 aliphatic heterocycles. The smallest absolute Gasteiger partial charge is 0.225 e. The van der Waals surface area contributed by atoms with Crippen LogP contribution in [0, 0.1) is 13.8 Å². The number of anilines is 1. The summed E-state index contributed by atoms with van der Waals surface area (Å²) in [5.41, 5.74) is 2.10. The van der Waals surface area contributed by atoms with Crippen molar-refractivity contribution in [2.24, 2.45) is 0 Å². The number of nitrogens with zero attached hydrogens (tertiary/aromatic N) is 3. The maximum Gasteiger partial charge on any atom is 0.225 e. The first kappa shape index (κ1) is 16.4. The van der Waals surface area contributed by atoms with E-state index >= 15 is 0 Å². The lowest BCUT2D eigenvalue weighted by atomic mass is 10.3. The number of hydrogen-bond donors (Lipinski definition) is 1. The third-order valence-electron chi connectivity index (χ3n) is 2.59. The lowest BCUT2D eigenvalue weighted by Gasteiger charge is -2.20. The van der Waals surface area contributed by atoms with E-state index in [4.69, 9.17) is 0 Å². The molecular formula is C11H20Cl2N4. The van der Waals surface area contributed by atoms with E-state index in [1.165, 1.54) is 0 Å². The molecule has 4 nitrogen and oxygen atoms in total. The third-order valence-corrected chi connectivity index (χ3v) is 2.59. The first-order valence-corrected chi connectivity index (χ1v) is 5.53. The predicted molar refractivity (Wildman–Crippen MR) is 75.7 cm³/mol. The third kappa shape index (κ3) is 4.66. The highest BCUT2D eigenvalue weighted by atomic mass is 35.5. The molecule has 6 heteroatoms. The van der Waals surface area contributed by atoms with Gasteiger partial charge in [0, 0.05) is 31.0 Å². The van der Waals surface area contributed by atoms with Crippen molar-refractivity contribution in [2.75, 3.05) is 31.1 Å². The Labute approximate surface area is 115 Å². The zero-order chi connectivity index (χ0) is 10.7. The van der Waals surface area contributed by atoms with Crippen molar-refractivity contribution in [3.8, 4) is 0 Å². The van der Waals surface area contributed by atoms with Crippen molar-refractivity contribution in [2.45, 2.75) is 20.3 Å². The lowest BCUT2D eigenvalue weighted by molar-refractivity contribution is 0.724. The van der Waals surface area contributed by atoms with Gasteiger partial charge in [0.1, 0.15) is 0 Å². The summed E-state index contributed by atoms with van der Waals surface area (Å²) in [7, 11) is 0. The SMILES string of the molecule is Cc1cc(C)nc(N2CCCNCC2)n1.Cl.Cl. The highest BCUT2D eigenvalue weighted by Gasteiger charge is 2.12. The maximum atomic E-state index is 4.49. The number of aryl methyl sites for hydroxylation is 2. The molecule has 98 valence electrons. The molecular weight excluding hydrogens is 259 g/mol. The van der Waals surface area contributed by atoms with Crippen molar-refractivity contribution in [1.29, 1.82) is 0 Å². The molecule has 1 N–H and O–H groups in total. The summed E-state index contributed by atoms with van der Waals surface area (Å²) in [6.45, 7) is 8.22. The van der Waals surface area contributed by atoms with Crippen molar-refractivity contribution in [3.63, 3.8) is 0 Å². The van der Waals surface area contributed by atoms with Gasteiger partial charge in [0.15, 0.2) is 0 Å². The van der Waals surface area contributed by atoms with E-state index in [-0.39, 0.29) is 24.8 Å². The van der Waals surface area contributed by atoms with Crippen LogP contribution in [0.5, 0.6) is 0 Å². The standard InChI is InChI=1S/C11H18N4.2ClH/c1-9-8-10(2)14-11(13-9)15-6-3-4-12-5-7-15;;/h8,12H,3-7H2,1-2H3;2*1H. The van der Waals surface area contributed by atoms with Gasteiger partial charge in [0.2, 0.25) is 5.95 Å². The van der Waals surface area contributed by atoms with Crippen LogP contribution in [0.2, 0.25) is 0 Å². The Morgan fingerprint density at radius 3 is 2.35 bits per heavy atom. The molecule has 1 aliphatic rings. The fourth-order valence-electron chi connectivity index (χ4n) is 1.89. The molecule has 0 amide bonds. The molecule has 2 heterocycles. The quantitative estimate of drug-likeness (QED) is 0.850. The molecule has 0 aliphatic carbocycles. The zero-order valence-corrected chi connectivity index (χ0v) is 11.9. The summed E-state index contributed by atoms with van der Waals surface area (Å²) in [6, 6.07) is 2.01. The van der Waals surface area contributed by atoms with Crippen LogP contribution in [-0.4, -0.2) is 36.1 Å². The van der Waals surface area contributed by atoms with Gasteiger partial charge in [-0.05, 0) is 32.9 Å². The second kappa shape index (κ2) is 7.69. The summed E-state index contributed by atoms with van der Waals surface area (Å²) in [5, 5.41) is 3.38. The topological polar surface area (TPSA) is 41.1 Å².